The number of hydrogen-bond donors (Lipinski definition) is 1. The van der Waals surface area contributed by atoms with Gasteiger partial charge >= 0.3 is 0 Å². The molecular weight excluding hydrogens is 182 g/mol. The Kier molecular flexibility index (Phi) is 2.10. The highest BCUT2D eigenvalue weighted by atomic mass is 14.9. The first-order valence-corrected chi connectivity index (χ1v) is 6.11. The molecule has 0 spiro atoms. The standard InChI is InChI=1S/C14H19N/c1-14-8-4-5-9-15-13(14)12-7-3-2-6-11(12)10-14/h2-3,6-7,13,15H,4-5,8-10H2,1H3/t13-,14+/m0/s1. The summed E-state index contributed by atoms with van der Waals surface area (Å²) < 4.78 is 0. The van der Waals surface area contributed by atoms with Crippen LogP contribution in [0.2, 0.25) is 0 Å². The molecule has 1 fully saturated rings. The molecule has 15 heavy (non-hydrogen) atoms. The van der Waals surface area contributed by atoms with Crippen LogP contribution >= 0.6 is 0 Å². The summed E-state index contributed by atoms with van der Waals surface area (Å²) >= 11 is 0. The normalized spacial score (nSPS) is 34.3. The Balaban J connectivity index is 2.03. The van der Waals surface area contributed by atoms with Crippen LogP contribution in [0.1, 0.15) is 43.4 Å². The average molecular weight is 201 g/mol. The molecule has 1 saturated heterocycles. The summed E-state index contributed by atoms with van der Waals surface area (Å²) in [6.07, 6.45) is 5.36. The minimum Gasteiger partial charge on any atom is -0.309 e. The van der Waals surface area contributed by atoms with Gasteiger partial charge in [0.2, 0.25) is 0 Å². The first-order valence-electron chi connectivity index (χ1n) is 6.11. The van der Waals surface area contributed by atoms with E-state index in [0.717, 1.165) is 0 Å². The molecule has 1 heterocycles. The van der Waals surface area contributed by atoms with Gasteiger partial charge in [-0.1, -0.05) is 37.6 Å². The molecule has 2 aliphatic rings. The van der Waals surface area contributed by atoms with E-state index < -0.39 is 0 Å². The Morgan fingerprint density at radius 3 is 3.07 bits per heavy atom. The van der Waals surface area contributed by atoms with E-state index in [-0.39, 0.29) is 0 Å². The minimum absolute atomic E-state index is 0.472. The Morgan fingerprint density at radius 1 is 1.27 bits per heavy atom. The van der Waals surface area contributed by atoms with Crippen molar-refractivity contribution in [1.29, 1.82) is 0 Å². The van der Waals surface area contributed by atoms with Crippen molar-refractivity contribution in [3.05, 3.63) is 35.4 Å². The minimum atomic E-state index is 0.472. The van der Waals surface area contributed by atoms with E-state index in [1.165, 1.54) is 32.2 Å². The van der Waals surface area contributed by atoms with Crippen LogP contribution in [-0.4, -0.2) is 6.54 Å². The van der Waals surface area contributed by atoms with Gasteiger partial charge in [-0.2, -0.15) is 0 Å². The number of hydrogen-bond acceptors (Lipinski definition) is 1. The largest absolute Gasteiger partial charge is 0.309 e. The SMILES string of the molecule is C[C@]12CCCCN[C@H]1c1ccccc1C2. The topological polar surface area (TPSA) is 12.0 Å². The Morgan fingerprint density at radius 2 is 2.13 bits per heavy atom. The van der Waals surface area contributed by atoms with Crippen molar-refractivity contribution in [2.75, 3.05) is 6.54 Å². The van der Waals surface area contributed by atoms with Gasteiger partial charge in [-0.05, 0) is 42.3 Å². The van der Waals surface area contributed by atoms with Crippen molar-refractivity contribution in [3.63, 3.8) is 0 Å². The number of benzene rings is 1. The van der Waals surface area contributed by atoms with E-state index in [1.54, 1.807) is 11.1 Å². The van der Waals surface area contributed by atoms with E-state index in [9.17, 15) is 0 Å². The molecule has 1 N–H and O–H groups in total. The molecule has 1 aromatic carbocycles. The predicted octanol–water partition coefficient (Wildman–Crippen LogP) is 3.06. The molecule has 0 radical (unpaired) electrons. The van der Waals surface area contributed by atoms with Crippen molar-refractivity contribution in [3.8, 4) is 0 Å². The van der Waals surface area contributed by atoms with Crippen LogP contribution < -0.4 is 5.32 Å². The van der Waals surface area contributed by atoms with Crippen LogP contribution in [0.5, 0.6) is 0 Å². The third kappa shape index (κ3) is 1.41. The molecule has 1 nitrogen and oxygen atoms in total. The van der Waals surface area contributed by atoms with Crippen LogP contribution in [-0.2, 0) is 6.42 Å². The molecule has 0 saturated carbocycles. The molecule has 1 aliphatic carbocycles. The highest BCUT2D eigenvalue weighted by Crippen LogP contribution is 2.49. The monoisotopic (exact) mass is 201 g/mol. The maximum absolute atomic E-state index is 3.74. The third-order valence-corrected chi connectivity index (χ3v) is 4.18. The van der Waals surface area contributed by atoms with Gasteiger partial charge in [0.25, 0.3) is 0 Å². The lowest BCUT2D eigenvalue weighted by Gasteiger charge is -2.30. The van der Waals surface area contributed by atoms with E-state index in [1.807, 2.05) is 0 Å². The third-order valence-electron chi connectivity index (χ3n) is 4.18. The smallest absolute Gasteiger partial charge is 0.0380 e. The summed E-state index contributed by atoms with van der Waals surface area (Å²) in [6.45, 7) is 3.64. The lowest BCUT2D eigenvalue weighted by atomic mass is 9.79. The van der Waals surface area contributed by atoms with Gasteiger partial charge < -0.3 is 5.32 Å². The van der Waals surface area contributed by atoms with Crippen LogP contribution in [0.15, 0.2) is 24.3 Å². The maximum atomic E-state index is 3.74. The average Bonchev–Trinajstić information content (AvgIpc) is 2.39. The van der Waals surface area contributed by atoms with Gasteiger partial charge in [-0.15, -0.1) is 0 Å². The molecular formula is C14H19N. The highest BCUT2D eigenvalue weighted by molar-refractivity contribution is 5.38. The lowest BCUT2D eigenvalue weighted by molar-refractivity contribution is 0.239. The zero-order chi connectivity index (χ0) is 10.3. The second-order valence-electron chi connectivity index (χ2n) is 5.37. The molecule has 0 bridgehead atoms. The fraction of sp³-hybridized carbons (Fsp3) is 0.571. The summed E-state index contributed by atoms with van der Waals surface area (Å²) in [5.41, 5.74) is 3.60. The van der Waals surface area contributed by atoms with Gasteiger partial charge in [0, 0.05) is 6.04 Å². The molecule has 1 aliphatic heterocycles. The second kappa shape index (κ2) is 3.34. The van der Waals surface area contributed by atoms with Crippen molar-refractivity contribution < 1.29 is 0 Å². The fourth-order valence-corrected chi connectivity index (χ4v) is 3.38. The molecule has 1 aromatic rings. The van der Waals surface area contributed by atoms with Gasteiger partial charge in [-0.3, -0.25) is 0 Å². The van der Waals surface area contributed by atoms with E-state index in [0.29, 0.717) is 11.5 Å². The Bertz CT molecular complexity index is 371. The molecule has 0 aromatic heterocycles. The highest BCUT2D eigenvalue weighted by Gasteiger charge is 2.42. The van der Waals surface area contributed by atoms with Crippen LogP contribution in [0.25, 0.3) is 0 Å². The van der Waals surface area contributed by atoms with Gasteiger partial charge in [0.1, 0.15) is 0 Å². The van der Waals surface area contributed by atoms with Crippen molar-refractivity contribution in [2.24, 2.45) is 5.41 Å². The fourth-order valence-electron chi connectivity index (χ4n) is 3.38. The molecule has 0 amide bonds. The Labute approximate surface area is 91.9 Å². The summed E-state index contributed by atoms with van der Waals surface area (Å²) in [7, 11) is 0. The van der Waals surface area contributed by atoms with E-state index >= 15 is 0 Å². The molecule has 1 heteroatoms. The zero-order valence-electron chi connectivity index (χ0n) is 9.42. The van der Waals surface area contributed by atoms with Crippen molar-refractivity contribution >= 4 is 0 Å². The molecule has 0 unspecified atom stereocenters. The lowest BCUT2D eigenvalue weighted by Crippen LogP contribution is -2.31. The summed E-state index contributed by atoms with van der Waals surface area (Å²) in [5, 5.41) is 3.74. The van der Waals surface area contributed by atoms with Gasteiger partial charge in [0.05, 0.1) is 0 Å². The summed E-state index contributed by atoms with van der Waals surface area (Å²) in [6, 6.07) is 9.57. The first-order chi connectivity index (χ1) is 7.30. The predicted molar refractivity (Wildman–Crippen MR) is 62.8 cm³/mol. The van der Waals surface area contributed by atoms with Gasteiger partial charge in [0.15, 0.2) is 0 Å². The maximum Gasteiger partial charge on any atom is 0.0380 e. The zero-order valence-corrected chi connectivity index (χ0v) is 9.42. The van der Waals surface area contributed by atoms with Crippen LogP contribution in [0, 0.1) is 5.41 Å². The quantitative estimate of drug-likeness (QED) is 0.680. The van der Waals surface area contributed by atoms with E-state index in [2.05, 4.69) is 36.5 Å². The van der Waals surface area contributed by atoms with Crippen molar-refractivity contribution in [2.45, 2.75) is 38.6 Å². The first kappa shape index (κ1) is 9.41. The molecule has 2 atom stereocenters. The van der Waals surface area contributed by atoms with Crippen LogP contribution in [0.4, 0.5) is 0 Å². The number of nitrogens with one attached hydrogen (secondary N) is 1. The molecule has 3 rings (SSSR count). The van der Waals surface area contributed by atoms with Crippen LogP contribution in [0.3, 0.4) is 0 Å². The summed E-state index contributed by atoms with van der Waals surface area (Å²) in [4.78, 5) is 0. The van der Waals surface area contributed by atoms with E-state index in [4.69, 9.17) is 0 Å². The molecule has 80 valence electrons. The summed E-state index contributed by atoms with van der Waals surface area (Å²) in [5.74, 6) is 0. The van der Waals surface area contributed by atoms with Gasteiger partial charge in [-0.25, -0.2) is 0 Å². The number of fused-ring (bicyclic) bond motifs is 3. The second-order valence-corrected chi connectivity index (χ2v) is 5.37. The Hall–Kier alpha value is -0.820. The van der Waals surface area contributed by atoms with Crippen molar-refractivity contribution in [1.82, 2.24) is 5.32 Å². The number of rotatable bonds is 0.